The average Bonchev–Trinajstić information content (AvgIpc) is 3.10. The summed E-state index contributed by atoms with van der Waals surface area (Å²) in [6.07, 6.45) is 4.70. The van der Waals surface area contributed by atoms with Crippen LogP contribution in [-0.4, -0.2) is 40.7 Å². The number of benzene rings is 1. The number of aromatic nitrogens is 3. The largest absolute Gasteiger partial charge is 0.381 e. The smallest absolute Gasteiger partial charge is 0.232 e. The Morgan fingerprint density at radius 2 is 2.00 bits per heavy atom. The van der Waals surface area contributed by atoms with E-state index in [-0.39, 0.29) is 18.3 Å². The molecule has 23 heavy (non-hydrogen) atoms. The van der Waals surface area contributed by atoms with Crippen molar-refractivity contribution in [1.29, 1.82) is 0 Å². The van der Waals surface area contributed by atoms with Gasteiger partial charge in [0, 0.05) is 25.4 Å². The molecule has 8 heteroatoms. The molecule has 0 radical (unpaired) electrons. The molecule has 0 unspecified atom stereocenters. The Labute approximate surface area is 140 Å². The van der Waals surface area contributed by atoms with Crippen LogP contribution < -0.4 is 11.1 Å². The van der Waals surface area contributed by atoms with Gasteiger partial charge in [-0.05, 0) is 37.1 Å². The van der Waals surface area contributed by atoms with E-state index in [0.29, 0.717) is 32.6 Å². The highest BCUT2D eigenvalue weighted by Crippen LogP contribution is 2.31. The summed E-state index contributed by atoms with van der Waals surface area (Å²) in [6.45, 7) is 1.49. The molecule has 2 aromatic rings. The Morgan fingerprint density at radius 1 is 1.30 bits per heavy atom. The van der Waals surface area contributed by atoms with Gasteiger partial charge < -0.3 is 15.8 Å². The van der Waals surface area contributed by atoms with Crippen LogP contribution in [0.5, 0.6) is 0 Å². The van der Waals surface area contributed by atoms with Gasteiger partial charge in [-0.15, -0.1) is 17.5 Å². The number of carbonyl (C=O) groups excluding carboxylic acids is 1. The highest BCUT2D eigenvalue weighted by Gasteiger charge is 2.38. The summed E-state index contributed by atoms with van der Waals surface area (Å²) in [7, 11) is 0. The van der Waals surface area contributed by atoms with Crippen molar-refractivity contribution >= 4 is 24.0 Å². The van der Waals surface area contributed by atoms with E-state index in [1.54, 1.807) is 17.1 Å². The van der Waals surface area contributed by atoms with Gasteiger partial charge in [-0.2, -0.15) is 0 Å². The number of ether oxygens (including phenoxy) is 1. The predicted octanol–water partition coefficient (Wildman–Crippen LogP) is 1.38. The quantitative estimate of drug-likeness (QED) is 0.879. The van der Waals surface area contributed by atoms with Gasteiger partial charge in [0.1, 0.15) is 0 Å². The zero-order valence-electron chi connectivity index (χ0n) is 12.6. The first kappa shape index (κ1) is 17.4. The summed E-state index contributed by atoms with van der Waals surface area (Å²) in [5.74, 6) is -0.0354. The normalized spacial score (nSPS) is 16.4. The van der Waals surface area contributed by atoms with Crippen molar-refractivity contribution in [3.63, 3.8) is 0 Å². The standard InChI is InChI=1S/C15H19N5O2.ClH/c16-11-15(5-9-22-10-6-15)14(21)18-12-1-3-13(4-2-12)20-8-7-17-19-20;/h1-4,7-8H,5-6,9-11,16H2,(H,18,21);1H. The molecular formula is C15H20ClN5O2. The van der Waals surface area contributed by atoms with Gasteiger partial charge in [0.2, 0.25) is 5.91 Å². The third kappa shape index (κ3) is 3.69. The summed E-state index contributed by atoms with van der Waals surface area (Å²) >= 11 is 0. The number of nitrogens with two attached hydrogens (primary N) is 1. The fourth-order valence-corrected chi connectivity index (χ4v) is 2.59. The summed E-state index contributed by atoms with van der Waals surface area (Å²) < 4.78 is 6.99. The van der Waals surface area contributed by atoms with E-state index in [2.05, 4.69) is 15.6 Å². The maximum Gasteiger partial charge on any atom is 0.232 e. The van der Waals surface area contributed by atoms with E-state index in [4.69, 9.17) is 10.5 Å². The van der Waals surface area contributed by atoms with Crippen molar-refractivity contribution in [2.45, 2.75) is 12.8 Å². The second-order valence-corrected chi connectivity index (χ2v) is 5.45. The number of halogens is 1. The van der Waals surface area contributed by atoms with Crippen LogP contribution in [0.2, 0.25) is 0 Å². The van der Waals surface area contributed by atoms with Crippen LogP contribution >= 0.6 is 12.4 Å². The van der Waals surface area contributed by atoms with Crippen molar-refractivity contribution in [2.24, 2.45) is 11.1 Å². The number of carbonyl (C=O) groups is 1. The molecule has 3 rings (SSSR count). The van der Waals surface area contributed by atoms with Crippen molar-refractivity contribution in [2.75, 3.05) is 25.1 Å². The van der Waals surface area contributed by atoms with Gasteiger partial charge in [-0.25, -0.2) is 4.68 Å². The zero-order valence-corrected chi connectivity index (χ0v) is 13.5. The summed E-state index contributed by atoms with van der Waals surface area (Å²) in [6, 6.07) is 7.45. The number of amides is 1. The number of hydrogen-bond acceptors (Lipinski definition) is 5. The lowest BCUT2D eigenvalue weighted by atomic mass is 9.79. The van der Waals surface area contributed by atoms with Gasteiger partial charge in [0.15, 0.2) is 0 Å². The Kier molecular flexibility index (Phi) is 5.70. The summed E-state index contributed by atoms with van der Waals surface area (Å²) in [5, 5.41) is 10.6. The Morgan fingerprint density at radius 3 is 2.57 bits per heavy atom. The molecule has 0 aliphatic carbocycles. The van der Waals surface area contributed by atoms with Gasteiger partial charge >= 0.3 is 0 Å². The van der Waals surface area contributed by atoms with Crippen LogP contribution in [0, 0.1) is 5.41 Å². The molecule has 2 heterocycles. The summed E-state index contributed by atoms with van der Waals surface area (Å²) in [5.41, 5.74) is 6.95. The van der Waals surface area contributed by atoms with E-state index in [0.717, 1.165) is 11.4 Å². The molecule has 7 nitrogen and oxygen atoms in total. The lowest BCUT2D eigenvalue weighted by Gasteiger charge is -2.34. The molecule has 0 spiro atoms. The third-order valence-electron chi connectivity index (χ3n) is 4.13. The zero-order chi connectivity index (χ0) is 15.4. The highest BCUT2D eigenvalue weighted by atomic mass is 35.5. The van der Waals surface area contributed by atoms with Crippen LogP contribution in [0.1, 0.15) is 12.8 Å². The minimum absolute atomic E-state index is 0. The van der Waals surface area contributed by atoms with Gasteiger partial charge in [0.25, 0.3) is 0 Å². The Bertz CT molecular complexity index is 624. The lowest BCUT2D eigenvalue weighted by Crippen LogP contribution is -2.46. The monoisotopic (exact) mass is 337 g/mol. The number of hydrogen-bond donors (Lipinski definition) is 2. The first-order chi connectivity index (χ1) is 10.7. The number of nitrogens with zero attached hydrogens (tertiary/aromatic N) is 3. The minimum atomic E-state index is -0.525. The average molecular weight is 338 g/mol. The summed E-state index contributed by atoms with van der Waals surface area (Å²) in [4.78, 5) is 12.6. The second kappa shape index (κ2) is 7.54. The molecule has 1 aliphatic heterocycles. The van der Waals surface area contributed by atoms with E-state index in [9.17, 15) is 4.79 Å². The van der Waals surface area contributed by atoms with Crippen LogP contribution in [0.15, 0.2) is 36.7 Å². The Hall–Kier alpha value is -1.96. The van der Waals surface area contributed by atoms with Crippen molar-refractivity contribution in [3.05, 3.63) is 36.7 Å². The lowest BCUT2D eigenvalue weighted by molar-refractivity contribution is -0.130. The fraction of sp³-hybridized carbons (Fsp3) is 0.400. The van der Waals surface area contributed by atoms with Crippen LogP contribution in [0.3, 0.4) is 0 Å². The molecule has 0 bridgehead atoms. The molecule has 1 aromatic heterocycles. The topological polar surface area (TPSA) is 95.1 Å². The van der Waals surface area contributed by atoms with Crippen molar-refractivity contribution < 1.29 is 9.53 Å². The fourth-order valence-electron chi connectivity index (χ4n) is 2.59. The first-order valence-electron chi connectivity index (χ1n) is 7.30. The van der Waals surface area contributed by atoms with E-state index < -0.39 is 5.41 Å². The Balaban J connectivity index is 0.00000192. The maximum absolute atomic E-state index is 12.6. The SMILES string of the molecule is Cl.NCC1(C(=O)Nc2ccc(-n3ccnn3)cc2)CCOCC1. The van der Waals surface area contributed by atoms with Crippen LogP contribution in [0.4, 0.5) is 5.69 Å². The van der Waals surface area contributed by atoms with Crippen molar-refractivity contribution in [3.8, 4) is 5.69 Å². The molecule has 1 aliphatic rings. The van der Waals surface area contributed by atoms with E-state index in [1.807, 2.05) is 24.3 Å². The number of rotatable bonds is 4. The maximum atomic E-state index is 12.6. The molecule has 1 saturated heterocycles. The predicted molar refractivity (Wildman–Crippen MR) is 88.8 cm³/mol. The molecule has 1 aromatic carbocycles. The van der Waals surface area contributed by atoms with E-state index >= 15 is 0 Å². The first-order valence-corrected chi connectivity index (χ1v) is 7.30. The van der Waals surface area contributed by atoms with Gasteiger partial charge in [0.05, 0.1) is 23.5 Å². The van der Waals surface area contributed by atoms with E-state index in [1.165, 1.54) is 0 Å². The molecule has 1 fully saturated rings. The molecule has 124 valence electrons. The molecule has 1 amide bonds. The van der Waals surface area contributed by atoms with Gasteiger partial charge in [-0.1, -0.05) is 5.21 Å². The molecular weight excluding hydrogens is 318 g/mol. The third-order valence-corrected chi connectivity index (χ3v) is 4.13. The number of nitrogens with one attached hydrogen (secondary N) is 1. The molecule has 0 saturated carbocycles. The van der Waals surface area contributed by atoms with Crippen molar-refractivity contribution in [1.82, 2.24) is 15.0 Å². The van der Waals surface area contributed by atoms with Gasteiger partial charge in [-0.3, -0.25) is 4.79 Å². The molecule has 3 N–H and O–H groups in total. The number of anilines is 1. The minimum Gasteiger partial charge on any atom is -0.381 e. The van der Waals surface area contributed by atoms with Crippen LogP contribution in [-0.2, 0) is 9.53 Å². The highest BCUT2D eigenvalue weighted by molar-refractivity contribution is 5.95. The molecule has 0 atom stereocenters. The second-order valence-electron chi connectivity index (χ2n) is 5.45. The van der Waals surface area contributed by atoms with Crippen LogP contribution in [0.25, 0.3) is 5.69 Å².